The van der Waals surface area contributed by atoms with Crippen molar-refractivity contribution in [3.05, 3.63) is 101 Å². The Morgan fingerprint density at radius 2 is 1.78 bits per heavy atom. The van der Waals surface area contributed by atoms with Crippen LogP contribution in [0.3, 0.4) is 0 Å². The van der Waals surface area contributed by atoms with Gasteiger partial charge in [0.2, 0.25) is 5.96 Å². The zero-order valence-electron chi connectivity index (χ0n) is 29.1. The summed E-state index contributed by atoms with van der Waals surface area (Å²) in [6.45, 7) is 8.47. The SMILES string of the molecule is CC(C)(C)c1cc(NC(=O)NC2CCC(Oc3ccc(=N)n(C(=N)N4CCCCC4)c3)c3ccccc32)n(-c2cccc(COCCO)c2)n1. The summed E-state index contributed by atoms with van der Waals surface area (Å²) in [5, 5.41) is 37.4. The molecule has 6 rings (SSSR count). The predicted molar refractivity (Wildman–Crippen MR) is 192 cm³/mol. The average Bonchev–Trinajstić information content (AvgIpc) is 3.55. The molecule has 12 nitrogen and oxygen atoms in total. The van der Waals surface area contributed by atoms with Gasteiger partial charge in [0.05, 0.1) is 43.4 Å². The molecule has 1 saturated heterocycles. The quantitative estimate of drug-likeness (QED) is 0.0830. The average molecular weight is 681 g/mol. The highest BCUT2D eigenvalue weighted by atomic mass is 16.5. The molecule has 2 aliphatic rings. The van der Waals surface area contributed by atoms with E-state index in [1.807, 2.05) is 59.5 Å². The van der Waals surface area contributed by atoms with Gasteiger partial charge in [0, 0.05) is 24.6 Å². The number of ether oxygens (including phenoxy) is 2. The molecule has 2 unspecified atom stereocenters. The Kier molecular flexibility index (Phi) is 10.7. The van der Waals surface area contributed by atoms with Gasteiger partial charge in [0.25, 0.3) is 0 Å². The fraction of sp³-hybridized carbons (Fsp3) is 0.421. The van der Waals surface area contributed by atoms with Gasteiger partial charge < -0.3 is 24.8 Å². The van der Waals surface area contributed by atoms with E-state index in [1.165, 1.54) is 6.42 Å². The molecule has 2 aromatic carbocycles. The van der Waals surface area contributed by atoms with Crippen molar-refractivity contribution in [2.24, 2.45) is 0 Å². The van der Waals surface area contributed by atoms with E-state index in [4.69, 9.17) is 30.5 Å². The molecule has 3 heterocycles. The molecule has 5 N–H and O–H groups in total. The second kappa shape index (κ2) is 15.3. The molecule has 2 aromatic heterocycles. The van der Waals surface area contributed by atoms with Gasteiger partial charge >= 0.3 is 6.03 Å². The van der Waals surface area contributed by atoms with Crippen LogP contribution in [0.25, 0.3) is 5.69 Å². The van der Waals surface area contributed by atoms with E-state index in [0.29, 0.717) is 37.0 Å². The van der Waals surface area contributed by atoms with Gasteiger partial charge in [-0.25, -0.2) is 9.48 Å². The maximum Gasteiger partial charge on any atom is 0.320 e. The maximum atomic E-state index is 13.6. The number of hydrogen-bond acceptors (Lipinski definition) is 7. The Hall–Kier alpha value is -4.94. The number of benzene rings is 2. The number of carbonyl (C=O) groups is 1. The number of rotatable bonds is 9. The van der Waals surface area contributed by atoms with Crippen LogP contribution in [0.1, 0.15) is 87.4 Å². The Labute approximate surface area is 293 Å². The number of hydrogen-bond donors (Lipinski definition) is 5. The monoisotopic (exact) mass is 680 g/mol. The number of amides is 2. The molecular weight excluding hydrogens is 632 g/mol. The van der Waals surface area contributed by atoms with Crippen molar-refractivity contribution in [3.63, 3.8) is 0 Å². The van der Waals surface area contributed by atoms with Crippen LogP contribution in [-0.2, 0) is 16.8 Å². The van der Waals surface area contributed by atoms with E-state index in [1.54, 1.807) is 27.6 Å². The van der Waals surface area contributed by atoms with Crippen LogP contribution < -0.4 is 20.9 Å². The first kappa shape index (κ1) is 34.9. The van der Waals surface area contributed by atoms with E-state index in [9.17, 15) is 4.79 Å². The maximum absolute atomic E-state index is 13.6. The van der Waals surface area contributed by atoms with Gasteiger partial charge in [-0.05, 0) is 73.1 Å². The summed E-state index contributed by atoms with van der Waals surface area (Å²) in [7, 11) is 0. The second-order valence-corrected chi connectivity index (χ2v) is 14.0. The topological polar surface area (TPSA) is 154 Å². The Bertz CT molecular complexity index is 1870. The van der Waals surface area contributed by atoms with E-state index in [-0.39, 0.29) is 42.3 Å². The van der Waals surface area contributed by atoms with Crippen LogP contribution in [0.4, 0.5) is 10.6 Å². The van der Waals surface area contributed by atoms with E-state index >= 15 is 0 Å². The highest BCUT2D eigenvalue weighted by molar-refractivity contribution is 5.89. The number of piperidine rings is 1. The molecule has 0 radical (unpaired) electrons. The molecule has 1 aliphatic heterocycles. The number of aromatic nitrogens is 3. The summed E-state index contributed by atoms with van der Waals surface area (Å²) in [5.74, 6) is 1.45. The number of aliphatic hydroxyl groups is 1. The summed E-state index contributed by atoms with van der Waals surface area (Å²) in [6.07, 6.45) is 6.11. The molecule has 4 aromatic rings. The van der Waals surface area contributed by atoms with Crippen molar-refractivity contribution in [2.75, 3.05) is 31.6 Å². The smallest absolute Gasteiger partial charge is 0.320 e. The fourth-order valence-corrected chi connectivity index (χ4v) is 6.55. The molecule has 2 atom stereocenters. The normalized spacial score (nSPS) is 17.6. The lowest BCUT2D eigenvalue weighted by molar-refractivity contribution is 0.0815. The molecule has 2 amide bonds. The number of fused-ring (bicyclic) bond motifs is 1. The highest BCUT2D eigenvalue weighted by Gasteiger charge is 2.30. The number of carbonyl (C=O) groups excluding carboxylic acids is 1. The third kappa shape index (κ3) is 8.09. The van der Waals surface area contributed by atoms with Crippen LogP contribution in [0.15, 0.2) is 72.9 Å². The minimum Gasteiger partial charge on any atom is -0.484 e. The molecule has 1 fully saturated rings. The molecule has 264 valence electrons. The lowest BCUT2D eigenvalue weighted by Gasteiger charge is -2.33. The number of nitrogens with zero attached hydrogens (tertiary/aromatic N) is 4. The standard InChI is InChI=1S/C38H48N8O4/c1-38(2,3)33-23-35(46(43-33)27-11-9-10-26(22-27)25-49-21-20-47)42-37(48)41-31-15-16-32(30-13-6-5-12-29(30)31)50-28-14-17-34(39)45(24-28)36(40)44-18-7-4-8-19-44/h5-6,9-14,17,22-24,31-32,39-40,47H,4,7-8,15-16,18-21,25H2,1-3H3,(H2,41,42,48). The number of urea groups is 1. The van der Waals surface area contributed by atoms with E-state index in [2.05, 4.69) is 31.4 Å². The van der Waals surface area contributed by atoms with Gasteiger partial charge in [0.1, 0.15) is 23.2 Å². The van der Waals surface area contributed by atoms with Crippen LogP contribution in [0.2, 0.25) is 0 Å². The third-order valence-electron chi connectivity index (χ3n) is 9.20. The Balaban J connectivity index is 1.18. The summed E-state index contributed by atoms with van der Waals surface area (Å²) in [6, 6.07) is 20.6. The molecule has 50 heavy (non-hydrogen) atoms. The Morgan fingerprint density at radius 1 is 1.00 bits per heavy atom. The van der Waals surface area contributed by atoms with Gasteiger partial charge in [-0.2, -0.15) is 5.10 Å². The van der Waals surface area contributed by atoms with E-state index in [0.717, 1.165) is 54.0 Å². The van der Waals surface area contributed by atoms with Crippen molar-refractivity contribution >= 4 is 17.8 Å². The summed E-state index contributed by atoms with van der Waals surface area (Å²) >= 11 is 0. The fourth-order valence-electron chi connectivity index (χ4n) is 6.55. The minimum absolute atomic E-state index is 0.0398. The first-order chi connectivity index (χ1) is 24.1. The second-order valence-electron chi connectivity index (χ2n) is 14.0. The minimum atomic E-state index is -0.337. The molecule has 12 heteroatoms. The van der Waals surface area contributed by atoms with Crippen molar-refractivity contribution in [2.45, 2.75) is 77.0 Å². The van der Waals surface area contributed by atoms with Crippen LogP contribution in [0.5, 0.6) is 5.75 Å². The number of anilines is 1. The first-order valence-corrected chi connectivity index (χ1v) is 17.4. The number of pyridine rings is 1. The molecule has 1 aliphatic carbocycles. The van der Waals surface area contributed by atoms with Gasteiger partial charge in [-0.1, -0.05) is 57.2 Å². The Morgan fingerprint density at radius 3 is 2.54 bits per heavy atom. The number of nitrogens with one attached hydrogen (secondary N) is 4. The highest BCUT2D eigenvalue weighted by Crippen LogP contribution is 2.39. The number of likely N-dealkylation sites (tertiary alicyclic amines) is 1. The van der Waals surface area contributed by atoms with Crippen molar-refractivity contribution in [3.8, 4) is 11.4 Å². The van der Waals surface area contributed by atoms with E-state index < -0.39 is 0 Å². The van der Waals surface area contributed by atoms with Gasteiger partial charge in [-0.3, -0.25) is 20.7 Å². The zero-order valence-corrected chi connectivity index (χ0v) is 29.1. The predicted octanol–water partition coefficient (Wildman–Crippen LogP) is 6.01. The lowest BCUT2D eigenvalue weighted by Crippen LogP contribution is -2.42. The summed E-state index contributed by atoms with van der Waals surface area (Å²) in [4.78, 5) is 15.6. The first-order valence-electron chi connectivity index (χ1n) is 17.4. The molecule has 0 spiro atoms. The van der Waals surface area contributed by atoms with Crippen molar-refractivity contribution < 1.29 is 19.4 Å². The summed E-state index contributed by atoms with van der Waals surface area (Å²) in [5.41, 5.74) is 4.54. The van der Waals surface area contributed by atoms with Gasteiger partial charge in [-0.15, -0.1) is 0 Å². The molecule has 0 saturated carbocycles. The number of aliphatic hydroxyl groups excluding tert-OH is 1. The van der Waals surface area contributed by atoms with Crippen molar-refractivity contribution in [1.82, 2.24) is 24.6 Å². The third-order valence-corrected chi connectivity index (χ3v) is 9.20. The van der Waals surface area contributed by atoms with Crippen LogP contribution >= 0.6 is 0 Å². The molecular formula is C38H48N8O4. The van der Waals surface area contributed by atoms with Gasteiger partial charge in [0.15, 0.2) is 0 Å². The van der Waals surface area contributed by atoms with Crippen molar-refractivity contribution in [1.29, 1.82) is 10.8 Å². The largest absolute Gasteiger partial charge is 0.484 e. The molecule has 0 bridgehead atoms. The zero-order chi connectivity index (χ0) is 35.3. The van der Waals surface area contributed by atoms with Crippen LogP contribution in [0, 0.1) is 10.8 Å². The lowest BCUT2D eigenvalue weighted by atomic mass is 9.85. The van der Waals surface area contributed by atoms with Crippen LogP contribution in [-0.4, -0.2) is 62.6 Å². The summed E-state index contributed by atoms with van der Waals surface area (Å²) < 4.78 is 15.4.